The number of para-hydroxylation sites is 1. The summed E-state index contributed by atoms with van der Waals surface area (Å²) in [7, 11) is 3.99. The van der Waals surface area contributed by atoms with Gasteiger partial charge in [0, 0.05) is 12.8 Å². The Balaban J connectivity index is 0. The first kappa shape index (κ1) is 18.8. The number of nitrogens with zero attached hydrogens (tertiary/aromatic N) is 5. The van der Waals surface area contributed by atoms with Crippen LogP contribution in [0.1, 0.15) is 5.56 Å². The Bertz CT molecular complexity index is 389. The minimum Gasteiger partial charge on any atom is -0.872 e. The molecule has 0 bridgehead atoms. The van der Waals surface area contributed by atoms with Crippen molar-refractivity contribution >= 4 is 6.21 Å². The van der Waals surface area contributed by atoms with Crippen molar-refractivity contribution in [2.75, 3.05) is 27.2 Å². The van der Waals surface area contributed by atoms with Crippen LogP contribution in [-0.4, -0.2) is 38.3 Å². The zero-order chi connectivity index (χ0) is 13.1. The van der Waals surface area contributed by atoms with Crippen LogP contribution >= 0.6 is 0 Å². The molecule has 0 aliphatic heterocycles. The summed E-state index contributed by atoms with van der Waals surface area (Å²) in [5.41, 5.74) is 14.2. The van der Waals surface area contributed by atoms with Gasteiger partial charge in [0.2, 0.25) is 0 Å². The summed E-state index contributed by atoms with van der Waals surface area (Å²) in [4.78, 5) is 7.73. The molecule has 0 saturated carbocycles. The predicted molar refractivity (Wildman–Crippen MR) is 67.0 cm³/mol. The van der Waals surface area contributed by atoms with Crippen molar-refractivity contribution in [3.05, 3.63) is 45.8 Å². The first-order valence-corrected chi connectivity index (χ1v) is 5.01. The van der Waals surface area contributed by atoms with Crippen LogP contribution in [0.3, 0.4) is 0 Å². The molecule has 1 aromatic rings. The smallest absolute Gasteiger partial charge is 0.872 e. The molecule has 0 N–H and O–H groups in total. The summed E-state index contributed by atoms with van der Waals surface area (Å²) >= 11 is 0. The number of likely N-dealkylation sites (N-methyl/N-ethyl adjacent to an activating group) is 1. The molecule has 0 heterocycles. The molecule has 0 saturated heterocycles. The van der Waals surface area contributed by atoms with E-state index in [1.165, 1.54) is 4.91 Å². The molecule has 0 aliphatic carbocycles. The van der Waals surface area contributed by atoms with Crippen LogP contribution in [0.5, 0.6) is 5.75 Å². The van der Waals surface area contributed by atoms with Crippen molar-refractivity contribution in [3.63, 3.8) is 0 Å². The molecule has 1 aromatic carbocycles. The predicted octanol–water partition coefficient (Wildman–Crippen LogP) is 1.60. The Hall–Kier alpha value is -1.55. The zero-order valence-electron chi connectivity index (χ0n) is 10.3. The fourth-order valence-electron chi connectivity index (χ4n) is 1.01. The van der Waals surface area contributed by atoms with Gasteiger partial charge in [-0.05, 0) is 19.7 Å². The van der Waals surface area contributed by atoms with Crippen LogP contribution < -0.4 is 5.11 Å². The molecule has 0 fully saturated rings. The minimum absolute atomic E-state index is 0. The Kier molecular flexibility index (Phi) is 12.5. The molecule has 99 valence electrons. The molecule has 0 aromatic heterocycles. The first-order chi connectivity index (χ1) is 8.11. The van der Waals surface area contributed by atoms with E-state index in [2.05, 4.69) is 9.89 Å². The van der Waals surface area contributed by atoms with Gasteiger partial charge in [-0.25, -0.2) is 0 Å². The second kappa shape index (κ2) is 11.9. The topological polar surface area (TPSA) is 97.4 Å². The van der Waals surface area contributed by atoms with E-state index in [1.807, 2.05) is 20.2 Å². The van der Waals surface area contributed by atoms with Gasteiger partial charge in [-0.2, -0.15) is 0 Å². The van der Waals surface area contributed by atoms with Crippen LogP contribution in [-0.2, 0) is 16.5 Å². The molecular formula is C11H15N5NiO+. The van der Waals surface area contributed by atoms with Gasteiger partial charge in [-0.3, -0.25) is 9.90 Å². The monoisotopic (exact) mass is 291 g/mol. The van der Waals surface area contributed by atoms with Crippen molar-refractivity contribution in [2.24, 2.45) is 4.99 Å². The van der Waals surface area contributed by atoms with E-state index in [0.29, 0.717) is 5.56 Å². The van der Waals surface area contributed by atoms with Crippen molar-refractivity contribution in [3.8, 4) is 5.75 Å². The molecule has 6 nitrogen and oxygen atoms in total. The van der Waals surface area contributed by atoms with Crippen molar-refractivity contribution in [1.29, 1.82) is 0 Å². The van der Waals surface area contributed by atoms with Crippen LogP contribution in [0.25, 0.3) is 16.0 Å². The van der Waals surface area contributed by atoms with E-state index >= 15 is 0 Å². The standard InChI is InChI=1S/C11H16N2O.N3.Ni/c1-13(2)8-7-12-9-10-5-3-4-6-11(10)14;1-3-2;/h3-6,9,14H,7-8H2,1-2H3;;/q;-1;+3/p-1. The number of rotatable bonds is 4. The fourth-order valence-corrected chi connectivity index (χ4v) is 1.01. The third-order valence-corrected chi connectivity index (χ3v) is 1.83. The molecule has 18 heavy (non-hydrogen) atoms. The zero-order valence-corrected chi connectivity index (χ0v) is 11.2. The molecule has 0 unspecified atom stereocenters. The quantitative estimate of drug-likeness (QED) is 0.277. The molecule has 0 amide bonds. The maximum Gasteiger partial charge on any atom is 3.00 e. The van der Waals surface area contributed by atoms with Crippen molar-refractivity contribution in [1.82, 2.24) is 4.90 Å². The third-order valence-electron chi connectivity index (χ3n) is 1.83. The van der Waals surface area contributed by atoms with Crippen LogP contribution in [0.15, 0.2) is 29.3 Å². The van der Waals surface area contributed by atoms with Crippen LogP contribution in [0.2, 0.25) is 0 Å². The second-order valence-electron chi connectivity index (χ2n) is 3.47. The Morgan fingerprint density at radius 1 is 1.33 bits per heavy atom. The molecule has 1 radical (unpaired) electrons. The third kappa shape index (κ3) is 9.66. The number of hydrogen-bond donors (Lipinski definition) is 0. The molecule has 7 heteroatoms. The summed E-state index contributed by atoms with van der Waals surface area (Å²) in [5, 5.41) is 11.2. The SMILES string of the molecule is CN(C)CCN=Cc1ccccc1[O-].[N-]=[N+]=[N-].[Ni+3]. The van der Waals surface area contributed by atoms with Gasteiger partial charge in [0.05, 0.1) is 6.54 Å². The minimum atomic E-state index is 0. The van der Waals surface area contributed by atoms with Gasteiger partial charge < -0.3 is 21.1 Å². The van der Waals surface area contributed by atoms with Crippen LogP contribution in [0, 0.1) is 0 Å². The van der Waals surface area contributed by atoms with E-state index in [0.717, 1.165) is 13.1 Å². The van der Waals surface area contributed by atoms with Crippen LogP contribution in [0.4, 0.5) is 0 Å². The molecular weight excluding hydrogens is 277 g/mol. The van der Waals surface area contributed by atoms with Gasteiger partial charge in [-0.1, -0.05) is 24.3 Å². The Morgan fingerprint density at radius 3 is 2.39 bits per heavy atom. The number of benzene rings is 1. The normalized spacial score (nSPS) is 9.28. The van der Waals surface area contributed by atoms with Gasteiger partial charge in [0.25, 0.3) is 0 Å². The van der Waals surface area contributed by atoms with Gasteiger partial charge in [0.15, 0.2) is 0 Å². The summed E-state index contributed by atoms with van der Waals surface area (Å²) in [6.07, 6.45) is 1.64. The van der Waals surface area contributed by atoms with E-state index in [1.54, 1.807) is 24.4 Å². The maximum atomic E-state index is 11.2. The average Bonchev–Trinajstić information content (AvgIpc) is 2.27. The Morgan fingerprint density at radius 2 is 1.89 bits per heavy atom. The summed E-state index contributed by atoms with van der Waals surface area (Å²) in [6, 6.07) is 6.91. The molecule has 0 spiro atoms. The van der Waals surface area contributed by atoms with E-state index in [-0.39, 0.29) is 22.2 Å². The van der Waals surface area contributed by atoms with Crippen molar-refractivity contribution in [2.45, 2.75) is 0 Å². The number of hydrogen-bond acceptors (Lipinski definition) is 3. The molecule has 0 atom stereocenters. The largest absolute Gasteiger partial charge is 3.00 e. The van der Waals surface area contributed by atoms with E-state index < -0.39 is 0 Å². The maximum absolute atomic E-state index is 11.2. The average molecular weight is 292 g/mol. The second-order valence-corrected chi connectivity index (χ2v) is 3.47. The van der Waals surface area contributed by atoms with Gasteiger partial charge in [0.1, 0.15) is 0 Å². The van der Waals surface area contributed by atoms with Gasteiger partial charge >= 0.3 is 16.5 Å². The van der Waals surface area contributed by atoms with E-state index in [4.69, 9.17) is 11.1 Å². The van der Waals surface area contributed by atoms with Gasteiger partial charge in [-0.15, -0.1) is 5.75 Å². The summed E-state index contributed by atoms with van der Waals surface area (Å²) in [6.45, 7) is 1.62. The van der Waals surface area contributed by atoms with E-state index in [9.17, 15) is 5.11 Å². The molecule has 0 aliphatic rings. The Labute approximate surface area is 117 Å². The summed E-state index contributed by atoms with van der Waals surface area (Å²) < 4.78 is 0. The molecule has 1 rings (SSSR count). The first-order valence-electron chi connectivity index (χ1n) is 5.01. The number of aliphatic imine (C=N–C) groups is 1. The fraction of sp³-hybridized carbons (Fsp3) is 0.364. The van der Waals surface area contributed by atoms with Crippen molar-refractivity contribution < 1.29 is 21.6 Å². The summed E-state index contributed by atoms with van der Waals surface area (Å²) in [5.74, 6) is 0.0288.